The van der Waals surface area contributed by atoms with E-state index in [2.05, 4.69) is 38.3 Å². The Morgan fingerprint density at radius 2 is 1.81 bits per heavy atom. The SMILES string of the molecule is CC(C)CC(CC(C)C)NC(=O)NC1CCC(=O)N(C)C1. The highest BCUT2D eigenvalue weighted by atomic mass is 16.2. The maximum absolute atomic E-state index is 12.1. The minimum atomic E-state index is -0.103. The molecule has 3 amide bonds. The second-order valence-electron chi connectivity index (χ2n) is 7.08. The second kappa shape index (κ2) is 8.25. The first-order valence-corrected chi connectivity index (χ1v) is 8.09. The van der Waals surface area contributed by atoms with E-state index in [4.69, 9.17) is 0 Å². The van der Waals surface area contributed by atoms with Gasteiger partial charge >= 0.3 is 6.03 Å². The molecule has 1 atom stereocenters. The number of hydrogen-bond donors (Lipinski definition) is 2. The third-order valence-electron chi connectivity index (χ3n) is 3.81. The number of likely N-dealkylation sites (tertiary alicyclic amines) is 1. The maximum Gasteiger partial charge on any atom is 0.315 e. The maximum atomic E-state index is 12.1. The minimum Gasteiger partial charge on any atom is -0.344 e. The fraction of sp³-hybridized carbons (Fsp3) is 0.875. The number of likely N-dealkylation sites (N-methyl/N-ethyl adjacent to an activating group) is 1. The van der Waals surface area contributed by atoms with Crippen molar-refractivity contribution in [2.75, 3.05) is 13.6 Å². The van der Waals surface area contributed by atoms with Crippen LogP contribution < -0.4 is 10.6 Å². The van der Waals surface area contributed by atoms with Crippen LogP contribution in [0.4, 0.5) is 4.79 Å². The van der Waals surface area contributed by atoms with Gasteiger partial charge in [0.1, 0.15) is 0 Å². The van der Waals surface area contributed by atoms with Crippen LogP contribution in [-0.4, -0.2) is 42.5 Å². The monoisotopic (exact) mass is 297 g/mol. The lowest BCUT2D eigenvalue weighted by atomic mass is 9.96. The highest BCUT2D eigenvalue weighted by Crippen LogP contribution is 2.14. The topological polar surface area (TPSA) is 61.4 Å². The fourth-order valence-corrected chi connectivity index (χ4v) is 2.89. The van der Waals surface area contributed by atoms with Crippen molar-refractivity contribution in [3.63, 3.8) is 0 Å². The number of carbonyl (C=O) groups is 2. The average Bonchev–Trinajstić information content (AvgIpc) is 2.31. The van der Waals surface area contributed by atoms with E-state index in [-0.39, 0.29) is 24.0 Å². The zero-order valence-corrected chi connectivity index (χ0v) is 14.1. The van der Waals surface area contributed by atoms with Crippen molar-refractivity contribution in [1.29, 1.82) is 0 Å². The van der Waals surface area contributed by atoms with Crippen molar-refractivity contribution in [3.8, 4) is 0 Å². The third-order valence-corrected chi connectivity index (χ3v) is 3.81. The molecule has 1 saturated heterocycles. The molecule has 122 valence electrons. The number of nitrogens with zero attached hydrogens (tertiary/aromatic N) is 1. The molecule has 1 aliphatic rings. The number of urea groups is 1. The first-order chi connectivity index (χ1) is 9.77. The predicted molar refractivity (Wildman–Crippen MR) is 85.0 cm³/mol. The largest absolute Gasteiger partial charge is 0.344 e. The summed E-state index contributed by atoms with van der Waals surface area (Å²) in [5.41, 5.74) is 0. The summed E-state index contributed by atoms with van der Waals surface area (Å²) in [5.74, 6) is 1.28. The molecule has 1 heterocycles. The quantitative estimate of drug-likeness (QED) is 0.790. The molecule has 0 radical (unpaired) electrons. The summed E-state index contributed by atoms with van der Waals surface area (Å²) in [5, 5.41) is 6.10. The summed E-state index contributed by atoms with van der Waals surface area (Å²) in [4.78, 5) is 25.3. The molecule has 5 nitrogen and oxygen atoms in total. The van der Waals surface area contributed by atoms with Crippen LogP contribution in [0.1, 0.15) is 53.4 Å². The van der Waals surface area contributed by atoms with Crippen molar-refractivity contribution in [2.45, 2.75) is 65.5 Å². The molecule has 0 bridgehead atoms. The van der Waals surface area contributed by atoms with Gasteiger partial charge in [-0.2, -0.15) is 0 Å². The summed E-state index contributed by atoms with van der Waals surface area (Å²) < 4.78 is 0. The van der Waals surface area contributed by atoms with E-state index in [1.165, 1.54) is 0 Å². The second-order valence-corrected chi connectivity index (χ2v) is 7.08. The Balaban J connectivity index is 2.44. The standard InChI is InChI=1S/C16H31N3O2/c1-11(2)8-14(9-12(3)4)18-16(21)17-13-6-7-15(20)19(5)10-13/h11-14H,6-10H2,1-5H3,(H2,17,18,21). The molecule has 5 heteroatoms. The van der Waals surface area contributed by atoms with Crippen molar-refractivity contribution < 1.29 is 9.59 Å². The normalized spacial score (nSPS) is 19.5. The van der Waals surface area contributed by atoms with Gasteiger partial charge in [-0.1, -0.05) is 27.7 Å². The van der Waals surface area contributed by atoms with Gasteiger partial charge in [-0.25, -0.2) is 4.79 Å². The van der Waals surface area contributed by atoms with Crippen molar-refractivity contribution >= 4 is 11.9 Å². The predicted octanol–water partition coefficient (Wildman–Crippen LogP) is 2.37. The summed E-state index contributed by atoms with van der Waals surface area (Å²) in [6.45, 7) is 9.30. The van der Waals surface area contributed by atoms with E-state index < -0.39 is 0 Å². The number of amides is 3. The summed E-state index contributed by atoms with van der Waals surface area (Å²) >= 11 is 0. The van der Waals surface area contributed by atoms with Gasteiger partial charge in [-0.3, -0.25) is 4.79 Å². The molecule has 1 unspecified atom stereocenters. The molecule has 0 aromatic carbocycles. The van der Waals surface area contributed by atoms with Crippen LogP contribution in [-0.2, 0) is 4.79 Å². The van der Waals surface area contributed by atoms with E-state index in [0.717, 1.165) is 19.3 Å². The molecule has 1 rings (SSSR count). The van der Waals surface area contributed by atoms with Crippen LogP contribution in [0.15, 0.2) is 0 Å². The molecular weight excluding hydrogens is 266 g/mol. The number of piperidine rings is 1. The van der Waals surface area contributed by atoms with Gasteiger partial charge in [0.15, 0.2) is 0 Å². The molecule has 1 fully saturated rings. The Bertz CT molecular complexity index is 345. The lowest BCUT2D eigenvalue weighted by Gasteiger charge is -2.31. The first kappa shape index (κ1) is 17.8. The molecule has 0 aliphatic carbocycles. The van der Waals surface area contributed by atoms with E-state index in [1.807, 2.05) is 0 Å². The smallest absolute Gasteiger partial charge is 0.315 e. The highest BCUT2D eigenvalue weighted by Gasteiger charge is 2.24. The lowest BCUT2D eigenvalue weighted by molar-refractivity contribution is -0.132. The third kappa shape index (κ3) is 6.82. The zero-order valence-electron chi connectivity index (χ0n) is 14.1. The highest BCUT2D eigenvalue weighted by molar-refractivity contribution is 5.78. The molecule has 1 aliphatic heterocycles. The molecule has 2 N–H and O–H groups in total. The molecular formula is C16H31N3O2. The lowest BCUT2D eigenvalue weighted by Crippen LogP contribution is -2.52. The average molecular weight is 297 g/mol. The van der Waals surface area contributed by atoms with Crippen LogP contribution in [0.25, 0.3) is 0 Å². The number of carbonyl (C=O) groups excluding carboxylic acids is 2. The number of hydrogen-bond acceptors (Lipinski definition) is 2. The Hall–Kier alpha value is -1.26. The van der Waals surface area contributed by atoms with Gasteiger partial charge in [0.05, 0.1) is 0 Å². The molecule has 0 spiro atoms. The summed E-state index contributed by atoms with van der Waals surface area (Å²) in [6.07, 6.45) is 3.24. The first-order valence-electron chi connectivity index (χ1n) is 8.09. The van der Waals surface area contributed by atoms with Crippen LogP contribution in [0.2, 0.25) is 0 Å². The number of rotatable bonds is 6. The van der Waals surface area contributed by atoms with Crippen LogP contribution in [0, 0.1) is 11.8 Å². The van der Waals surface area contributed by atoms with Crippen molar-refractivity contribution in [1.82, 2.24) is 15.5 Å². The van der Waals surface area contributed by atoms with Gasteiger partial charge in [0.2, 0.25) is 5.91 Å². The Morgan fingerprint density at radius 3 is 2.29 bits per heavy atom. The Kier molecular flexibility index (Phi) is 6.99. The van der Waals surface area contributed by atoms with E-state index >= 15 is 0 Å². The molecule has 0 aromatic rings. The zero-order chi connectivity index (χ0) is 16.0. The van der Waals surface area contributed by atoms with Crippen molar-refractivity contribution in [3.05, 3.63) is 0 Å². The van der Waals surface area contributed by atoms with Gasteiger partial charge < -0.3 is 15.5 Å². The van der Waals surface area contributed by atoms with Gasteiger partial charge in [0, 0.05) is 32.1 Å². The van der Waals surface area contributed by atoms with Crippen LogP contribution in [0.3, 0.4) is 0 Å². The molecule has 21 heavy (non-hydrogen) atoms. The number of nitrogens with one attached hydrogen (secondary N) is 2. The molecule has 0 saturated carbocycles. The van der Waals surface area contributed by atoms with Gasteiger partial charge in [-0.05, 0) is 31.1 Å². The molecule has 0 aromatic heterocycles. The van der Waals surface area contributed by atoms with E-state index in [0.29, 0.717) is 24.8 Å². The van der Waals surface area contributed by atoms with E-state index in [9.17, 15) is 9.59 Å². The minimum absolute atomic E-state index is 0.0615. The van der Waals surface area contributed by atoms with Gasteiger partial charge in [-0.15, -0.1) is 0 Å². The van der Waals surface area contributed by atoms with Gasteiger partial charge in [0.25, 0.3) is 0 Å². The van der Waals surface area contributed by atoms with Crippen molar-refractivity contribution in [2.24, 2.45) is 11.8 Å². The summed E-state index contributed by atoms with van der Waals surface area (Å²) in [6, 6.07) is 0.174. The Morgan fingerprint density at radius 1 is 1.24 bits per heavy atom. The fourth-order valence-electron chi connectivity index (χ4n) is 2.89. The Labute approximate surface area is 128 Å². The van der Waals surface area contributed by atoms with E-state index in [1.54, 1.807) is 11.9 Å². The van der Waals surface area contributed by atoms with Crippen LogP contribution >= 0.6 is 0 Å². The summed E-state index contributed by atoms with van der Waals surface area (Å²) in [7, 11) is 1.79. The van der Waals surface area contributed by atoms with Crippen LogP contribution in [0.5, 0.6) is 0 Å².